The van der Waals surface area contributed by atoms with E-state index in [1.807, 2.05) is 47.1 Å². The Hall–Kier alpha value is -2.78. The summed E-state index contributed by atoms with van der Waals surface area (Å²) in [6.45, 7) is 5.25. The van der Waals surface area contributed by atoms with Crippen LogP contribution in [-0.2, 0) is 34.0 Å². The minimum atomic E-state index is -0.840. The van der Waals surface area contributed by atoms with Gasteiger partial charge in [-0.15, -0.1) is 0 Å². The first kappa shape index (κ1) is 31.2. The summed E-state index contributed by atoms with van der Waals surface area (Å²) in [4.78, 5) is 43.6. The molecule has 2 aliphatic rings. The fourth-order valence-electron chi connectivity index (χ4n) is 6.06. The first-order valence-corrected chi connectivity index (χ1v) is 14.6. The number of rotatable bonds is 10. The highest BCUT2D eigenvalue weighted by molar-refractivity contribution is 6.61. The Morgan fingerprint density at radius 2 is 1.73 bits per heavy atom. The molecule has 2 heterocycles. The molecule has 0 aliphatic carbocycles. The molecule has 1 saturated heterocycles. The Morgan fingerprint density at radius 3 is 2.37 bits per heavy atom. The molecule has 2 amide bonds. The second-order valence-corrected chi connectivity index (χ2v) is 12.7. The molecular weight excluding hydrogens is 508 g/mol. The highest BCUT2D eigenvalue weighted by Gasteiger charge is 2.51. The van der Waals surface area contributed by atoms with Crippen LogP contribution in [0.5, 0.6) is 0 Å². The van der Waals surface area contributed by atoms with Crippen molar-refractivity contribution in [3.05, 3.63) is 46.5 Å². The van der Waals surface area contributed by atoms with Crippen molar-refractivity contribution < 1.29 is 19.1 Å². The standard InChI is InChI=1S/C26H39B7N4O4/c1-34-23(39)22(26(32,33)25(30,31)13-38)37-12-16-17(24(37)40)18(27)19(28)20(29)21(16)35-10-14-3-2-4-15(9-14)11-36-5-7-41-8-6-36/h2-4,9,13,22,35H,5-8,10-12,27-33H2,1H3,(H,34,39). The molecule has 0 saturated carbocycles. The van der Waals surface area contributed by atoms with Crippen molar-refractivity contribution in [3.8, 4) is 0 Å². The predicted molar refractivity (Wildman–Crippen MR) is 184 cm³/mol. The third-order valence-corrected chi connectivity index (χ3v) is 9.70. The number of carbonyl (C=O) groups is 3. The van der Waals surface area contributed by atoms with Crippen molar-refractivity contribution in [1.82, 2.24) is 15.1 Å². The number of nitrogens with zero attached hydrogens (tertiary/aromatic N) is 2. The van der Waals surface area contributed by atoms with Gasteiger partial charge in [-0.05, 0) is 16.3 Å². The molecule has 0 radical (unpaired) electrons. The van der Waals surface area contributed by atoms with E-state index >= 15 is 0 Å². The Labute approximate surface area is 250 Å². The Kier molecular flexibility index (Phi) is 9.29. The quantitative estimate of drug-likeness (QED) is 0.227. The predicted octanol–water partition coefficient (Wildman–Crippen LogP) is -7.06. The summed E-state index contributed by atoms with van der Waals surface area (Å²) >= 11 is 0. The van der Waals surface area contributed by atoms with Crippen molar-refractivity contribution in [3.63, 3.8) is 0 Å². The van der Waals surface area contributed by atoms with Gasteiger partial charge in [0, 0.05) is 56.6 Å². The van der Waals surface area contributed by atoms with Crippen molar-refractivity contribution in [2.45, 2.75) is 36.1 Å². The van der Waals surface area contributed by atoms with E-state index in [0.29, 0.717) is 18.7 Å². The molecule has 4 rings (SSSR count). The number of fused-ring (bicyclic) bond motifs is 1. The van der Waals surface area contributed by atoms with Gasteiger partial charge in [-0.1, -0.05) is 45.9 Å². The van der Waals surface area contributed by atoms with E-state index in [2.05, 4.69) is 47.6 Å². The fraction of sp³-hybridized carbons (Fsp3) is 0.423. The molecule has 1 fully saturated rings. The maximum atomic E-state index is 14.1. The molecule has 8 nitrogen and oxygen atoms in total. The lowest BCUT2D eigenvalue weighted by Crippen LogP contribution is -2.58. The molecule has 15 heteroatoms. The monoisotopic (exact) mass is 548 g/mol. The van der Waals surface area contributed by atoms with Gasteiger partial charge in [-0.3, -0.25) is 14.5 Å². The number of aldehydes is 1. The Bertz CT molecular complexity index is 1350. The number of hydrogen-bond donors (Lipinski definition) is 2. The fourth-order valence-corrected chi connectivity index (χ4v) is 6.06. The van der Waals surface area contributed by atoms with Crippen molar-refractivity contribution in [1.29, 1.82) is 0 Å². The topological polar surface area (TPSA) is 91.0 Å². The van der Waals surface area contributed by atoms with Crippen LogP contribution in [0, 0.1) is 0 Å². The molecule has 1 atom stereocenters. The van der Waals surface area contributed by atoms with Crippen LogP contribution in [0.15, 0.2) is 24.3 Å². The maximum absolute atomic E-state index is 14.1. The summed E-state index contributed by atoms with van der Waals surface area (Å²) in [5, 5.41) is 4.75. The van der Waals surface area contributed by atoms with Gasteiger partial charge in [0.25, 0.3) is 5.91 Å². The number of carbonyl (C=O) groups excluding carboxylic acids is 3. The van der Waals surface area contributed by atoms with Crippen molar-refractivity contribution in [2.75, 3.05) is 38.7 Å². The molecule has 0 aromatic heterocycles. The number of nitrogens with one attached hydrogen (secondary N) is 2. The minimum Gasteiger partial charge on any atom is -0.381 e. The lowest BCUT2D eigenvalue weighted by Gasteiger charge is -2.47. The Balaban J connectivity index is 1.65. The summed E-state index contributed by atoms with van der Waals surface area (Å²) in [7, 11) is 15.1. The molecule has 1 unspecified atom stereocenters. The smallest absolute Gasteiger partial charge is 0.254 e. The zero-order chi connectivity index (χ0) is 30.1. The number of morpholine rings is 1. The average Bonchev–Trinajstić information content (AvgIpc) is 3.28. The van der Waals surface area contributed by atoms with Gasteiger partial charge in [0.15, 0.2) is 0 Å². The Morgan fingerprint density at radius 1 is 1.07 bits per heavy atom. The zero-order valence-corrected chi connectivity index (χ0v) is 25.9. The number of benzene rings is 2. The van der Waals surface area contributed by atoms with Crippen LogP contribution in [0.2, 0.25) is 10.4 Å². The van der Waals surface area contributed by atoms with E-state index in [-0.39, 0.29) is 11.8 Å². The van der Waals surface area contributed by atoms with Crippen LogP contribution < -0.4 is 27.0 Å². The summed E-state index contributed by atoms with van der Waals surface area (Å²) < 4.78 is 5.49. The molecule has 208 valence electrons. The first-order valence-electron chi connectivity index (χ1n) is 14.6. The van der Waals surface area contributed by atoms with E-state index in [1.54, 1.807) is 11.9 Å². The number of hydrogen-bond acceptors (Lipinski definition) is 6. The molecule has 0 bridgehead atoms. The molecule has 2 aromatic rings. The molecule has 41 heavy (non-hydrogen) atoms. The van der Waals surface area contributed by atoms with E-state index in [1.165, 1.54) is 11.1 Å². The molecular formula is C26H39B7N4O4. The van der Waals surface area contributed by atoms with Crippen LogP contribution >= 0.6 is 0 Å². The number of anilines is 1. The van der Waals surface area contributed by atoms with Gasteiger partial charge in [-0.2, -0.15) is 0 Å². The van der Waals surface area contributed by atoms with Crippen LogP contribution in [0.25, 0.3) is 0 Å². The number of ether oxygens (including phenoxy) is 1. The van der Waals surface area contributed by atoms with Crippen LogP contribution in [-0.4, -0.2) is 122 Å². The SMILES string of the molecule is Bc1c(B)c(NCc2cccc(CN3CCOCC3)c2)c2c(c1B)C(=O)N(C(C(=O)NC)C(B)(B)C(B)(B)C=O)C2. The average molecular weight is 547 g/mol. The summed E-state index contributed by atoms with van der Waals surface area (Å²) in [6, 6.07) is 7.80. The highest BCUT2D eigenvalue weighted by atomic mass is 16.5. The second-order valence-electron chi connectivity index (χ2n) is 12.7. The van der Waals surface area contributed by atoms with Crippen LogP contribution in [0.4, 0.5) is 5.69 Å². The summed E-state index contributed by atoms with van der Waals surface area (Å²) in [6.07, 6.45) is 0.885. The van der Waals surface area contributed by atoms with Crippen molar-refractivity contribution in [2.24, 2.45) is 0 Å². The van der Waals surface area contributed by atoms with Gasteiger partial charge in [-0.25, -0.2) is 0 Å². The molecule has 2 N–H and O–H groups in total. The van der Waals surface area contributed by atoms with Crippen LogP contribution in [0.3, 0.4) is 0 Å². The van der Waals surface area contributed by atoms with Gasteiger partial charge < -0.3 is 25.1 Å². The lowest BCUT2D eigenvalue weighted by atomic mass is 9.28. The minimum absolute atomic E-state index is 0.167. The first-order chi connectivity index (χ1) is 19.3. The molecule has 2 aliphatic heterocycles. The second kappa shape index (κ2) is 12.2. The largest absolute Gasteiger partial charge is 0.381 e. The van der Waals surface area contributed by atoms with E-state index < -0.39 is 16.5 Å². The maximum Gasteiger partial charge on any atom is 0.254 e. The van der Waals surface area contributed by atoms with Gasteiger partial charge in [0.1, 0.15) is 67.3 Å². The van der Waals surface area contributed by atoms with Crippen molar-refractivity contribution >= 4 is 95.1 Å². The number of amides is 2. The molecule has 0 spiro atoms. The van der Waals surface area contributed by atoms with Crippen LogP contribution in [0.1, 0.15) is 27.0 Å². The van der Waals surface area contributed by atoms with Gasteiger partial charge >= 0.3 is 0 Å². The zero-order valence-electron chi connectivity index (χ0n) is 25.9. The third-order valence-electron chi connectivity index (χ3n) is 9.70. The van der Waals surface area contributed by atoms with E-state index in [4.69, 9.17) is 4.74 Å². The summed E-state index contributed by atoms with van der Waals surface area (Å²) in [5.41, 5.74) is 8.05. The van der Waals surface area contributed by atoms with Gasteiger partial charge in [0.2, 0.25) is 5.91 Å². The molecule has 2 aromatic carbocycles. The summed E-state index contributed by atoms with van der Waals surface area (Å²) in [5.74, 6) is -0.441. The number of likely N-dealkylation sites (N-methyl/N-ethyl adjacent to an activating group) is 1. The van der Waals surface area contributed by atoms with E-state index in [9.17, 15) is 14.4 Å². The third kappa shape index (κ3) is 5.93. The van der Waals surface area contributed by atoms with E-state index in [0.717, 1.165) is 66.8 Å². The van der Waals surface area contributed by atoms with Gasteiger partial charge in [0.05, 0.1) is 13.2 Å². The normalized spacial score (nSPS) is 16.7. The lowest BCUT2D eigenvalue weighted by molar-refractivity contribution is -0.126. The highest BCUT2D eigenvalue weighted by Crippen LogP contribution is 2.46.